The minimum absolute atomic E-state index is 0.0485. The summed E-state index contributed by atoms with van der Waals surface area (Å²) < 4.78 is 13.2. The van der Waals surface area contributed by atoms with Gasteiger partial charge in [-0.25, -0.2) is 4.39 Å². The van der Waals surface area contributed by atoms with E-state index in [-0.39, 0.29) is 11.9 Å². The molecule has 2 rings (SSSR count). The fourth-order valence-electron chi connectivity index (χ4n) is 1.75. The second kappa shape index (κ2) is 6.00. The molecule has 0 heterocycles. The predicted molar refractivity (Wildman–Crippen MR) is 79.9 cm³/mol. The summed E-state index contributed by atoms with van der Waals surface area (Å²) in [6, 6.07) is 9.65. The van der Waals surface area contributed by atoms with E-state index in [1.54, 1.807) is 18.2 Å². The average Bonchev–Trinajstić information content (AvgIpc) is 2.31. The molecule has 1 atom stereocenters. The van der Waals surface area contributed by atoms with Crippen LogP contribution in [0.2, 0.25) is 15.1 Å². The highest BCUT2D eigenvalue weighted by atomic mass is 35.5. The summed E-state index contributed by atoms with van der Waals surface area (Å²) in [5.74, 6) is -0.378. The number of nitrogens with one attached hydrogen (secondary N) is 1. The maximum absolute atomic E-state index is 13.2. The normalized spacial score (nSPS) is 12.3. The van der Waals surface area contributed by atoms with E-state index < -0.39 is 0 Å². The number of halogens is 4. The van der Waals surface area contributed by atoms with Crippen LogP contribution in [-0.4, -0.2) is 0 Å². The van der Waals surface area contributed by atoms with Gasteiger partial charge >= 0.3 is 0 Å². The van der Waals surface area contributed by atoms with Crippen molar-refractivity contribution >= 4 is 40.5 Å². The maximum Gasteiger partial charge on any atom is 0.126 e. The summed E-state index contributed by atoms with van der Waals surface area (Å²) in [4.78, 5) is 0. The first-order chi connectivity index (χ1) is 8.95. The Morgan fingerprint density at radius 2 is 1.74 bits per heavy atom. The van der Waals surface area contributed by atoms with Crippen LogP contribution >= 0.6 is 34.8 Å². The predicted octanol–water partition coefficient (Wildman–Crippen LogP) is 5.96. The van der Waals surface area contributed by atoms with Crippen molar-refractivity contribution in [3.05, 3.63) is 62.8 Å². The molecule has 0 aromatic heterocycles. The van der Waals surface area contributed by atoms with Crippen molar-refractivity contribution in [2.45, 2.75) is 13.0 Å². The molecule has 0 aliphatic rings. The minimum Gasteiger partial charge on any atom is -0.378 e. The monoisotopic (exact) mass is 317 g/mol. The molecule has 1 nitrogen and oxygen atoms in total. The summed E-state index contributed by atoms with van der Waals surface area (Å²) >= 11 is 17.6. The lowest BCUT2D eigenvalue weighted by atomic mass is 10.1. The Bertz CT molecular complexity index is 581. The Morgan fingerprint density at radius 3 is 2.37 bits per heavy atom. The number of anilines is 1. The molecule has 0 aliphatic carbocycles. The molecular formula is C14H11Cl3FN. The van der Waals surface area contributed by atoms with Gasteiger partial charge in [0, 0.05) is 16.8 Å². The Morgan fingerprint density at radius 1 is 1.00 bits per heavy atom. The van der Waals surface area contributed by atoms with E-state index in [4.69, 9.17) is 34.8 Å². The van der Waals surface area contributed by atoms with E-state index in [0.717, 1.165) is 5.56 Å². The lowest BCUT2D eigenvalue weighted by Gasteiger charge is -2.16. The third kappa shape index (κ3) is 3.75. The zero-order valence-corrected chi connectivity index (χ0v) is 12.3. The van der Waals surface area contributed by atoms with Crippen LogP contribution in [0.5, 0.6) is 0 Å². The Kier molecular flexibility index (Phi) is 4.56. The number of hydrogen-bond donors (Lipinski definition) is 1. The van der Waals surface area contributed by atoms with Gasteiger partial charge in [0.2, 0.25) is 0 Å². The summed E-state index contributed by atoms with van der Waals surface area (Å²) in [6.45, 7) is 1.94. The standard InChI is InChI=1S/C14H11Cl3FN/c1-8(9-2-3-13(16)14(17)4-9)19-12-6-10(15)5-11(18)7-12/h2-8,19H,1H3. The maximum atomic E-state index is 13.2. The highest BCUT2D eigenvalue weighted by Crippen LogP contribution is 2.28. The second-order valence-corrected chi connectivity index (χ2v) is 5.45. The van der Waals surface area contributed by atoms with E-state index >= 15 is 0 Å². The molecule has 2 aromatic rings. The molecule has 0 bridgehead atoms. The van der Waals surface area contributed by atoms with E-state index in [0.29, 0.717) is 20.8 Å². The first-order valence-electron chi connectivity index (χ1n) is 5.63. The van der Waals surface area contributed by atoms with Crippen LogP contribution in [0.25, 0.3) is 0 Å². The van der Waals surface area contributed by atoms with Crippen molar-refractivity contribution in [3.63, 3.8) is 0 Å². The van der Waals surface area contributed by atoms with Crippen molar-refractivity contribution < 1.29 is 4.39 Å². The largest absolute Gasteiger partial charge is 0.378 e. The first-order valence-corrected chi connectivity index (χ1v) is 6.76. The third-order valence-corrected chi connectivity index (χ3v) is 3.65. The minimum atomic E-state index is -0.378. The first kappa shape index (κ1) is 14.4. The summed E-state index contributed by atoms with van der Waals surface area (Å²) in [7, 11) is 0. The molecule has 0 spiro atoms. The van der Waals surface area contributed by atoms with Crippen LogP contribution in [0.3, 0.4) is 0 Å². The number of rotatable bonds is 3. The Labute approximate surface area is 126 Å². The molecule has 5 heteroatoms. The molecule has 0 saturated carbocycles. The second-order valence-electron chi connectivity index (χ2n) is 4.20. The molecule has 1 N–H and O–H groups in total. The zero-order chi connectivity index (χ0) is 14.0. The Balaban J connectivity index is 2.20. The quantitative estimate of drug-likeness (QED) is 0.736. The van der Waals surface area contributed by atoms with Gasteiger partial charge in [0.25, 0.3) is 0 Å². The fraction of sp³-hybridized carbons (Fsp3) is 0.143. The molecule has 0 aliphatic heterocycles. The SMILES string of the molecule is CC(Nc1cc(F)cc(Cl)c1)c1ccc(Cl)c(Cl)c1. The van der Waals surface area contributed by atoms with Gasteiger partial charge in [-0.05, 0) is 42.8 Å². The highest BCUT2D eigenvalue weighted by molar-refractivity contribution is 6.42. The fourth-order valence-corrected chi connectivity index (χ4v) is 2.28. The third-order valence-electron chi connectivity index (χ3n) is 2.69. The number of benzene rings is 2. The van der Waals surface area contributed by atoms with E-state index in [1.807, 2.05) is 13.0 Å². The van der Waals surface area contributed by atoms with Gasteiger partial charge in [-0.2, -0.15) is 0 Å². The highest BCUT2D eigenvalue weighted by Gasteiger charge is 2.08. The summed E-state index contributed by atoms with van der Waals surface area (Å²) in [5, 5.41) is 4.51. The molecule has 0 fully saturated rings. The van der Waals surface area contributed by atoms with Crippen LogP contribution in [0, 0.1) is 5.82 Å². The van der Waals surface area contributed by atoms with Crippen molar-refractivity contribution in [2.24, 2.45) is 0 Å². The molecule has 0 radical (unpaired) electrons. The molecule has 2 aromatic carbocycles. The van der Waals surface area contributed by atoms with Crippen molar-refractivity contribution in [1.82, 2.24) is 0 Å². The van der Waals surface area contributed by atoms with Crippen molar-refractivity contribution in [3.8, 4) is 0 Å². The van der Waals surface area contributed by atoms with Crippen LogP contribution in [0.4, 0.5) is 10.1 Å². The molecule has 0 amide bonds. The summed E-state index contributed by atoms with van der Waals surface area (Å²) in [5.41, 5.74) is 1.57. The molecule has 1 unspecified atom stereocenters. The van der Waals surface area contributed by atoms with Crippen molar-refractivity contribution in [1.29, 1.82) is 0 Å². The van der Waals surface area contributed by atoms with Crippen LogP contribution in [0.1, 0.15) is 18.5 Å². The topological polar surface area (TPSA) is 12.0 Å². The van der Waals surface area contributed by atoms with Crippen LogP contribution < -0.4 is 5.32 Å². The van der Waals surface area contributed by atoms with Gasteiger partial charge in [0.1, 0.15) is 5.82 Å². The van der Waals surface area contributed by atoms with Gasteiger partial charge in [0.05, 0.1) is 10.0 Å². The molecular weight excluding hydrogens is 308 g/mol. The van der Waals surface area contributed by atoms with Gasteiger partial charge in [-0.1, -0.05) is 40.9 Å². The van der Waals surface area contributed by atoms with Crippen LogP contribution in [-0.2, 0) is 0 Å². The van der Waals surface area contributed by atoms with E-state index in [2.05, 4.69) is 5.32 Å². The molecule has 100 valence electrons. The van der Waals surface area contributed by atoms with Crippen molar-refractivity contribution in [2.75, 3.05) is 5.32 Å². The van der Waals surface area contributed by atoms with Crippen LogP contribution in [0.15, 0.2) is 36.4 Å². The lowest BCUT2D eigenvalue weighted by molar-refractivity contribution is 0.628. The summed E-state index contributed by atoms with van der Waals surface area (Å²) in [6.07, 6.45) is 0. The van der Waals surface area contributed by atoms with Gasteiger partial charge in [-0.15, -0.1) is 0 Å². The molecule has 0 saturated heterocycles. The molecule has 19 heavy (non-hydrogen) atoms. The zero-order valence-electron chi connectivity index (χ0n) is 10.1. The van der Waals surface area contributed by atoms with E-state index in [1.165, 1.54) is 12.1 Å². The van der Waals surface area contributed by atoms with Gasteiger partial charge in [-0.3, -0.25) is 0 Å². The lowest BCUT2D eigenvalue weighted by Crippen LogP contribution is -2.06. The van der Waals surface area contributed by atoms with E-state index in [9.17, 15) is 4.39 Å². The average molecular weight is 319 g/mol. The number of hydrogen-bond acceptors (Lipinski definition) is 1. The Hall–Kier alpha value is -0.960. The smallest absolute Gasteiger partial charge is 0.126 e. The van der Waals surface area contributed by atoms with Gasteiger partial charge < -0.3 is 5.32 Å². The van der Waals surface area contributed by atoms with Gasteiger partial charge in [0.15, 0.2) is 0 Å².